The van der Waals surface area contributed by atoms with E-state index in [0.29, 0.717) is 0 Å². The van der Waals surface area contributed by atoms with Gasteiger partial charge in [-0.3, -0.25) is 0 Å². The summed E-state index contributed by atoms with van der Waals surface area (Å²) in [6.45, 7) is 6.33. The summed E-state index contributed by atoms with van der Waals surface area (Å²) in [6, 6.07) is 2.46. The molecule has 2 fully saturated rings. The van der Waals surface area contributed by atoms with Crippen LogP contribution in [0.25, 0.3) is 0 Å². The van der Waals surface area contributed by atoms with Crippen LogP contribution in [0.15, 0.2) is 0 Å². The third-order valence-electron chi connectivity index (χ3n) is 3.53. The van der Waals surface area contributed by atoms with Crippen molar-refractivity contribution in [2.75, 3.05) is 6.54 Å². The van der Waals surface area contributed by atoms with Gasteiger partial charge in [0.05, 0.1) is 17.5 Å². The fraction of sp³-hybridized carbons (Fsp3) is 0.846. The average molecular weight is 236 g/mol. The van der Waals surface area contributed by atoms with Gasteiger partial charge in [0.1, 0.15) is 5.60 Å². The number of hydrogen-bond donors (Lipinski definition) is 0. The molecule has 0 N–H and O–H groups in total. The summed E-state index contributed by atoms with van der Waals surface area (Å²) in [7, 11) is 0. The summed E-state index contributed by atoms with van der Waals surface area (Å²) in [5.74, 6) is 0. The third kappa shape index (κ3) is 2.38. The van der Waals surface area contributed by atoms with Gasteiger partial charge in [0.15, 0.2) is 0 Å². The van der Waals surface area contributed by atoms with E-state index in [1.165, 1.54) is 0 Å². The topological polar surface area (TPSA) is 53.3 Å². The molecule has 4 heteroatoms. The number of hydrogen-bond acceptors (Lipinski definition) is 3. The molecule has 0 aromatic carbocycles. The Morgan fingerprint density at radius 3 is 2.59 bits per heavy atom. The lowest BCUT2D eigenvalue weighted by atomic mass is 9.96. The molecular weight excluding hydrogens is 216 g/mol. The van der Waals surface area contributed by atoms with Gasteiger partial charge >= 0.3 is 6.09 Å². The highest BCUT2D eigenvalue weighted by Gasteiger charge is 2.55. The van der Waals surface area contributed by atoms with Gasteiger partial charge in [-0.1, -0.05) is 0 Å². The average Bonchev–Trinajstić information content (AvgIpc) is 2.85. The zero-order chi connectivity index (χ0) is 12.7. The quantitative estimate of drug-likeness (QED) is 0.703. The Hall–Kier alpha value is -1.24. The predicted octanol–water partition coefficient (Wildman–Crippen LogP) is 2.69. The van der Waals surface area contributed by atoms with Crippen LogP contribution in [-0.2, 0) is 4.74 Å². The molecule has 1 heterocycles. The fourth-order valence-corrected chi connectivity index (χ4v) is 2.53. The second-order valence-corrected chi connectivity index (χ2v) is 6.10. The molecule has 2 aliphatic rings. The van der Waals surface area contributed by atoms with Crippen LogP contribution < -0.4 is 0 Å². The Bertz CT molecular complexity index is 361. The molecule has 1 aliphatic heterocycles. The van der Waals surface area contributed by atoms with Crippen molar-refractivity contribution in [1.29, 1.82) is 5.26 Å². The largest absolute Gasteiger partial charge is 0.444 e. The lowest BCUT2D eigenvalue weighted by Crippen LogP contribution is -2.43. The Kier molecular flexibility index (Phi) is 2.81. The number of carbonyl (C=O) groups excluding carboxylic acids is 1. The summed E-state index contributed by atoms with van der Waals surface area (Å²) in [5.41, 5.74) is -0.735. The Morgan fingerprint density at radius 1 is 1.47 bits per heavy atom. The van der Waals surface area contributed by atoms with E-state index < -0.39 is 5.60 Å². The zero-order valence-electron chi connectivity index (χ0n) is 10.8. The number of amides is 1. The predicted molar refractivity (Wildman–Crippen MR) is 63.2 cm³/mol. The van der Waals surface area contributed by atoms with Gasteiger partial charge in [-0.2, -0.15) is 5.26 Å². The summed E-state index contributed by atoms with van der Waals surface area (Å²) in [4.78, 5) is 13.8. The van der Waals surface area contributed by atoms with Crippen LogP contribution in [0.1, 0.15) is 46.5 Å². The number of ether oxygens (including phenoxy) is 1. The number of nitrogens with zero attached hydrogens (tertiary/aromatic N) is 2. The highest BCUT2D eigenvalue weighted by atomic mass is 16.6. The Balaban J connectivity index is 2.06. The van der Waals surface area contributed by atoms with Crippen LogP contribution in [-0.4, -0.2) is 29.2 Å². The maximum atomic E-state index is 12.1. The van der Waals surface area contributed by atoms with Crippen molar-refractivity contribution < 1.29 is 9.53 Å². The lowest BCUT2D eigenvalue weighted by Gasteiger charge is -2.30. The minimum absolute atomic E-state index is 0.0716. The van der Waals surface area contributed by atoms with E-state index >= 15 is 0 Å². The first-order valence-corrected chi connectivity index (χ1v) is 6.29. The Morgan fingerprint density at radius 2 is 2.12 bits per heavy atom. The van der Waals surface area contributed by atoms with Crippen molar-refractivity contribution in [3.05, 3.63) is 0 Å². The second kappa shape index (κ2) is 3.90. The second-order valence-electron chi connectivity index (χ2n) is 6.10. The fourth-order valence-electron chi connectivity index (χ4n) is 2.53. The maximum absolute atomic E-state index is 12.1. The van der Waals surface area contributed by atoms with E-state index in [9.17, 15) is 10.1 Å². The van der Waals surface area contributed by atoms with E-state index in [1.807, 2.05) is 20.8 Å². The lowest BCUT2D eigenvalue weighted by molar-refractivity contribution is 0.0186. The SMILES string of the molecule is CC(C)(C)OC(=O)N1CCCC1C1(C#N)CC1. The van der Waals surface area contributed by atoms with Gasteiger partial charge in [0.25, 0.3) is 0 Å². The molecule has 2 rings (SSSR count). The first kappa shape index (κ1) is 12.2. The third-order valence-corrected chi connectivity index (χ3v) is 3.53. The van der Waals surface area contributed by atoms with Crippen LogP contribution in [0.5, 0.6) is 0 Å². The van der Waals surface area contributed by atoms with E-state index in [-0.39, 0.29) is 17.6 Å². The number of nitriles is 1. The first-order valence-electron chi connectivity index (χ1n) is 6.29. The van der Waals surface area contributed by atoms with Crippen LogP contribution >= 0.6 is 0 Å². The zero-order valence-corrected chi connectivity index (χ0v) is 10.8. The maximum Gasteiger partial charge on any atom is 0.410 e. The van der Waals surface area contributed by atoms with Gasteiger partial charge in [0.2, 0.25) is 0 Å². The normalized spacial score (nSPS) is 26.5. The Labute approximate surface area is 103 Å². The van der Waals surface area contributed by atoms with Crippen molar-refractivity contribution in [2.24, 2.45) is 5.41 Å². The molecule has 1 amide bonds. The van der Waals surface area contributed by atoms with Gasteiger partial charge < -0.3 is 9.64 Å². The molecule has 0 radical (unpaired) electrons. The molecule has 0 spiro atoms. The highest BCUT2D eigenvalue weighted by molar-refractivity contribution is 5.69. The summed E-state index contributed by atoms with van der Waals surface area (Å²) in [5, 5.41) is 9.22. The van der Waals surface area contributed by atoms with Crippen LogP contribution in [0.4, 0.5) is 4.79 Å². The molecule has 1 aliphatic carbocycles. The molecule has 0 aromatic heterocycles. The van der Waals surface area contributed by atoms with Crippen molar-refractivity contribution in [3.63, 3.8) is 0 Å². The summed E-state index contributed by atoms with van der Waals surface area (Å²) in [6.07, 6.45) is 3.50. The smallest absolute Gasteiger partial charge is 0.410 e. The molecule has 17 heavy (non-hydrogen) atoms. The van der Waals surface area contributed by atoms with E-state index in [4.69, 9.17) is 4.74 Å². The molecule has 4 nitrogen and oxygen atoms in total. The molecular formula is C13H20N2O2. The minimum atomic E-state index is -0.465. The van der Waals surface area contributed by atoms with E-state index in [2.05, 4.69) is 6.07 Å². The molecule has 0 aromatic rings. The van der Waals surface area contributed by atoms with Gasteiger partial charge in [0, 0.05) is 6.54 Å². The molecule has 1 atom stereocenters. The van der Waals surface area contributed by atoms with Crippen molar-refractivity contribution in [2.45, 2.75) is 58.1 Å². The molecule has 1 saturated heterocycles. The van der Waals surface area contributed by atoms with Crippen LogP contribution in [0.2, 0.25) is 0 Å². The van der Waals surface area contributed by atoms with Gasteiger partial charge in [-0.25, -0.2) is 4.79 Å². The van der Waals surface area contributed by atoms with Gasteiger partial charge in [-0.05, 0) is 46.5 Å². The van der Waals surface area contributed by atoms with E-state index in [1.54, 1.807) is 4.90 Å². The number of carbonyl (C=O) groups is 1. The van der Waals surface area contributed by atoms with Crippen LogP contribution in [0, 0.1) is 16.7 Å². The molecule has 1 saturated carbocycles. The molecule has 1 unspecified atom stereocenters. The van der Waals surface area contributed by atoms with Crippen LogP contribution in [0.3, 0.4) is 0 Å². The first-order chi connectivity index (χ1) is 7.88. The number of likely N-dealkylation sites (tertiary alicyclic amines) is 1. The summed E-state index contributed by atoms with van der Waals surface area (Å²) < 4.78 is 5.40. The monoisotopic (exact) mass is 236 g/mol. The van der Waals surface area contributed by atoms with Crippen molar-refractivity contribution >= 4 is 6.09 Å². The van der Waals surface area contributed by atoms with Crippen molar-refractivity contribution in [3.8, 4) is 6.07 Å². The highest BCUT2D eigenvalue weighted by Crippen LogP contribution is 2.52. The minimum Gasteiger partial charge on any atom is -0.444 e. The molecule has 94 valence electrons. The van der Waals surface area contributed by atoms with E-state index in [0.717, 1.165) is 32.2 Å². The van der Waals surface area contributed by atoms with Crippen molar-refractivity contribution in [1.82, 2.24) is 4.90 Å². The summed E-state index contributed by atoms with van der Waals surface area (Å²) >= 11 is 0. The molecule has 0 bridgehead atoms. The number of rotatable bonds is 1. The van der Waals surface area contributed by atoms with Gasteiger partial charge in [-0.15, -0.1) is 0 Å². The standard InChI is InChI=1S/C13H20N2O2/c1-12(2,3)17-11(16)15-8-4-5-10(15)13(9-14)6-7-13/h10H,4-8H2,1-3H3.